The fourth-order valence-electron chi connectivity index (χ4n) is 8.52. The standard InChI is InChI=1S/C42H61N5O/c1-10-14-37(39-26-47-42(43-27-44-47)32(9)31(39)8)40(28(4)5)38-23-35(17-16-29(38)6)34-18-21-46(22-19-34)30(7)24-45-20-13-15-36(25-45)41(48)33(11-2)12-3/h16-17,23,26-28,33-34,36H,7,10-15,18-22,24-25H2,1-6,8-9H3/b40-37+. The van der Waals surface area contributed by atoms with Crippen LogP contribution in [0, 0.1) is 38.5 Å². The van der Waals surface area contributed by atoms with Crippen molar-refractivity contribution < 1.29 is 4.79 Å². The van der Waals surface area contributed by atoms with E-state index in [1.165, 1.54) is 50.2 Å². The van der Waals surface area contributed by atoms with Crippen molar-refractivity contribution in [2.75, 3.05) is 32.7 Å². The summed E-state index contributed by atoms with van der Waals surface area (Å²) >= 11 is 0. The number of likely N-dealkylation sites (tertiary alicyclic amines) is 2. The molecule has 4 heterocycles. The topological polar surface area (TPSA) is 53.7 Å². The van der Waals surface area contributed by atoms with Gasteiger partial charge in [-0.3, -0.25) is 9.69 Å². The van der Waals surface area contributed by atoms with E-state index in [1.54, 1.807) is 6.33 Å². The lowest BCUT2D eigenvalue weighted by Gasteiger charge is -2.39. The minimum absolute atomic E-state index is 0.193. The van der Waals surface area contributed by atoms with Crippen molar-refractivity contribution in [3.8, 4) is 0 Å². The van der Waals surface area contributed by atoms with E-state index in [0.717, 1.165) is 89.7 Å². The summed E-state index contributed by atoms with van der Waals surface area (Å²) in [6.07, 6.45) is 12.4. The van der Waals surface area contributed by atoms with Crippen LogP contribution in [0.2, 0.25) is 0 Å². The molecule has 1 aromatic carbocycles. The molecule has 0 radical (unpaired) electrons. The van der Waals surface area contributed by atoms with Crippen LogP contribution in [0.1, 0.15) is 125 Å². The van der Waals surface area contributed by atoms with Crippen LogP contribution in [0.15, 0.2) is 43.0 Å². The van der Waals surface area contributed by atoms with Gasteiger partial charge in [0.05, 0.1) is 0 Å². The van der Waals surface area contributed by atoms with Gasteiger partial charge in [-0.25, -0.2) is 9.50 Å². The van der Waals surface area contributed by atoms with Gasteiger partial charge in [-0.15, -0.1) is 0 Å². The molecule has 48 heavy (non-hydrogen) atoms. The van der Waals surface area contributed by atoms with Crippen LogP contribution in [0.5, 0.6) is 0 Å². The van der Waals surface area contributed by atoms with Crippen molar-refractivity contribution in [1.29, 1.82) is 0 Å². The van der Waals surface area contributed by atoms with Gasteiger partial charge in [0.25, 0.3) is 0 Å². The zero-order valence-corrected chi connectivity index (χ0v) is 31.2. The van der Waals surface area contributed by atoms with Crippen molar-refractivity contribution >= 4 is 22.6 Å². The van der Waals surface area contributed by atoms with Gasteiger partial charge in [0.2, 0.25) is 0 Å². The maximum atomic E-state index is 13.1. The zero-order valence-electron chi connectivity index (χ0n) is 31.2. The van der Waals surface area contributed by atoms with Gasteiger partial charge in [0.15, 0.2) is 5.65 Å². The van der Waals surface area contributed by atoms with Gasteiger partial charge >= 0.3 is 0 Å². The Morgan fingerprint density at radius 3 is 2.38 bits per heavy atom. The number of nitrogens with zero attached hydrogens (tertiary/aromatic N) is 5. The van der Waals surface area contributed by atoms with E-state index in [4.69, 9.17) is 0 Å². The van der Waals surface area contributed by atoms with Crippen molar-refractivity contribution in [3.05, 3.63) is 76.4 Å². The molecule has 2 saturated heterocycles. The van der Waals surface area contributed by atoms with E-state index in [2.05, 4.69) is 106 Å². The first-order chi connectivity index (χ1) is 23.1. The first kappa shape index (κ1) is 36.0. The fraction of sp³-hybridized carbons (Fsp3) is 0.595. The number of fused-ring (bicyclic) bond motifs is 1. The largest absolute Gasteiger partial charge is 0.374 e. The third kappa shape index (κ3) is 7.64. The highest BCUT2D eigenvalue weighted by Gasteiger charge is 2.31. The van der Waals surface area contributed by atoms with Crippen LogP contribution in [0.3, 0.4) is 0 Å². The van der Waals surface area contributed by atoms with Crippen molar-refractivity contribution in [1.82, 2.24) is 24.4 Å². The summed E-state index contributed by atoms with van der Waals surface area (Å²) in [6, 6.07) is 7.26. The number of hydrogen-bond acceptors (Lipinski definition) is 5. The molecule has 0 saturated carbocycles. The van der Waals surface area contributed by atoms with Gasteiger partial charge in [-0.1, -0.05) is 65.8 Å². The Balaban J connectivity index is 1.32. The van der Waals surface area contributed by atoms with E-state index in [0.29, 0.717) is 17.6 Å². The highest BCUT2D eigenvalue weighted by Crippen LogP contribution is 2.40. The molecule has 260 valence electrons. The molecule has 2 aliphatic rings. The Morgan fingerprint density at radius 2 is 1.71 bits per heavy atom. The molecule has 6 nitrogen and oxygen atoms in total. The van der Waals surface area contributed by atoms with E-state index in [-0.39, 0.29) is 11.8 Å². The van der Waals surface area contributed by atoms with E-state index in [1.807, 2.05) is 4.52 Å². The third-order valence-corrected chi connectivity index (χ3v) is 11.5. The van der Waals surface area contributed by atoms with Gasteiger partial charge in [0, 0.05) is 49.9 Å². The summed E-state index contributed by atoms with van der Waals surface area (Å²) in [5, 5.41) is 4.52. The van der Waals surface area contributed by atoms with Crippen LogP contribution < -0.4 is 0 Å². The molecule has 2 fully saturated rings. The summed E-state index contributed by atoms with van der Waals surface area (Å²) in [7, 11) is 0. The number of benzene rings is 1. The number of aryl methyl sites for hydroxylation is 2. The molecule has 1 atom stereocenters. The van der Waals surface area contributed by atoms with Gasteiger partial charge in [-0.05, 0) is 129 Å². The molecule has 6 heteroatoms. The molecule has 3 aromatic rings. The summed E-state index contributed by atoms with van der Waals surface area (Å²) in [4.78, 5) is 22.7. The maximum Gasteiger partial charge on any atom is 0.158 e. The summed E-state index contributed by atoms with van der Waals surface area (Å²) < 4.78 is 1.95. The Labute approximate surface area is 290 Å². The number of allylic oxidation sites excluding steroid dienone is 2. The Bertz CT molecular complexity index is 1620. The average Bonchev–Trinajstić information content (AvgIpc) is 3.56. The first-order valence-corrected chi connectivity index (χ1v) is 18.9. The second kappa shape index (κ2) is 16.0. The molecular weight excluding hydrogens is 590 g/mol. The number of carbonyl (C=O) groups is 1. The van der Waals surface area contributed by atoms with Crippen LogP contribution in [-0.2, 0) is 4.79 Å². The molecule has 5 rings (SSSR count). The quantitative estimate of drug-likeness (QED) is 0.184. The van der Waals surface area contributed by atoms with Gasteiger partial charge < -0.3 is 4.90 Å². The number of Topliss-reactive ketones (excluding diaryl/α,β-unsaturated/α-hetero) is 1. The fourth-order valence-corrected chi connectivity index (χ4v) is 8.52. The molecule has 0 amide bonds. The van der Waals surface area contributed by atoms with Crippen molar-refractivity contribution in [3.63, 3.8) is 0 Å². The number of ketones is 1. The van der Waals surface area contributed by atoms with Crippen molar-refractivity contribution in [2.45, 2.75) is 113 Å². The van der Waals surface area contributed by atoms with E-state index >= 15 is 0 Å². The molecule has 2 aromatic heterocycles. The summed E-state index contributed by atoms with van der Waals surface area (Å²) in [5.74, 6) is 1.84. The predicted octanol–water partition coefficient (Wildman–Crippen LogP) is 9.43. The monoisotopic (exact) mass is 651 g/mol. The lowest BCUT2D eigenvalue weighted by atomic mass is 9.80. The predicted molar refractivity (Wildman–Crippen MR) is 201 cm³/mol. The highest BCUT2D eigenvalue weighted by atomic mass is 16.1. The first-order valence-electron chi connectivity index (χ1n) is 18.9. The summed E-state index contributed by atoms with van der Waals surface area (Å²) in [5.41, 5.74) is 13.1. The maximum absolute atomic E-state index is 13.1. The number of rotatable bonds is 13. The average molecular weight is 652 g/mol. The van der Waals surface area contributed by atoms with E-state index in [9.17, 15) is 4.79 Å². The molecule has 0 aliphatic carbocycles. The molecule has 0 N–H and O–H groups in total. The lowest BCUT2D eigenvalue weighted by Crippen LogP contribution is -2.43. The molecule has 0 bridgehead atoms. The summed E-state index contributed by atoms with van der Waals surface area (Å²) in [6.45, 7) is 27.5. The van der Waals surface area contributed by atoms with Crippen LogP contribution in [-0.4, -0.2) is 62.9 Å². The Morgan fingerprint density at radius 1 is 0.979 bits per heavy atom. The number of carbonyl (C=O) groups excluding carboxylic acids is 1. The van der Waals surface area contributed by atoms with Crippen molar-refractivity contribution in [2.24, 2.45) is 17.8 Å². The van der Waals surface area contributed by atoms with Crippen LogP contribution in [0.25, 0.3) is 16.8 Å². The smallest absolute Gasteiger partial charge is 0.158 e. The highest BCUT2D eigenvalue weighted by molar-refractivity contribution is 5.93. The number of pyridine rings is 1. The zero-order chi connectivity index (χ0) is 34.5. The van der Waals surface area contributed by atoms with Crippen LogP contribution in [0.4, 0.5) is 0 Å². The number of piperidine rings is 2. The lowest BCUT2D eigenvalue weighted by molar-refractivity contribution is -0.128. The minimum Gasteiger partial charge on any atom is -0.374 e. The molecule has 0 spiro atoms. The number of hydrogen-bond donors (Lipinski definition) is 0. The Hall–Kier alpha value is -3.25. The minimum atomic E-state index is 0.193. The Kier molecular flexibility index (Phi) is 12.0. The SMILES string of the molecule is C=C(CN1CCCC(C(=O)C(CC)CC)C1)N1CCC(c2ccc(C)c(/C(=C(\CCC)c3cn4ncnc4c(C)c3C)C(C)C)c2)CC1. The molecule has 2 aliphatic heterocycles. The normalized spacial score (nSPS) is 18.6. The van der Waals surface area contributed by atoms with E-state index < -0.39 is 0 Å². The third-order valence-electron chi connectivity index (χ3n) is 11.5. The molecular formula is C42H61N5O. The van der Waals surface area contributed by atoms with Gasteiger partial charge in [-0.2, -0.15) is 5.10 Å². The number of aromatic nitrogens is 3. The van der Waals surface area contributed by atoms with Gasteiger partial charge in [0.1, 0.15) is 12.1 Å². The second-order valence-electron chi connectivity index (χ2n) is 15.0. The second-order valence-corrected chi connectivity index (χ2v) is 15.0. The van der Waals surface area contributed by atoms with Crippen LogP contribution >= 0.6 is 0 Å². The molecule has 1 unspecified atom stereocenters.